The maximum Gasteiger partial charge on any atom is 0.227 e. The molecule has 0 unspecified atom stereocenters. The minimum Gasteiger partial charge on any atom is -0.496 e. The van der Waals surface area contributed by atoms with Gasteiger partial charge in [0.15, 0.2) is 5.78 Å². The zero-order valence-corrected chi connectivity index (χ0v) is 14.1. The highest BCUT2D eigenvalue weighted by Gasteiger charge is 2.50. The number of rotatable bonds is 2. The van der Waals surface area contributed by atoms with Gasteiger partial charge in [-0.15, -0.1) is 0 Å². The lowest BCUT2D eigenvalue weighted by Gasteiger charge is -2.33. The molecule has 1 heterocycles. The van der Waals surface area contributed by atoms with E-state index in [2.05, 4.69) is 20.9 Å². The minimum absolute atomic E-state index is 0.166. The molecule has 22 heavy (non-hydrogen) atoms. The number of hydrogen-bond acceptors (Lipinski definition) is 5. The maximum atomic E-state index is 12.2. The standard InChI is InChI=1S/C16H16BrNO4/c1-15(2)8-22-14(18-15)16(20)12(17)7-10(19)9-5-4-6-11(21-3)13(9)16/h4-7,20H,8H2,1-3H3/t16-/m0/s1. The summed E-state index contributed by atoms with van der Waals surface area (Å²) in [5, 5.41) is 11.4. The number of methoxy groups -OCH3 is 1. The molecule has 0 saturated heterocycles. The molecule has 6 heteroatoms. The van der Waals surface area contributed by atoms with Crippen LogP contribution in [-0.4, -0.2) is 36.0 Å². The van der Waals surface area contributed by atoms with E-state index >= 15 is 0 Å². The van der Waals surface area contributed by atoms with Crippen molar-refractivity contribution in [2.24, 2.45) is 4.99 Å². The largest absolute Gasteiger partial charge is 0.496 e. The molecule has 116 valence electrons. The van der Waals surface area contributed by atoms with Crippen LogP contribution in [-0.2, 0) is 10.3 Å². The van der Waals surface area contributed by atoms with Gasteiger partial charge in [0.1, 0.15) is 12.4 Å². The summed E-state index contributed by atoms with van der Waals surface area (Å²) < 4.78 is 11.3. The van der Waals surface area contributed by atoms with E-state index in [4.69, 9.17) is 9.47 Å². The van der Waals surface area contributed by atoms with Gasteiger partial charge in [0.05, 0.1) is 18.2 Å². The van der Waals surface area contributed by atoms with E-state index in [9.17, 15) is 9.90 Å². The fourth-order valence-corrected chi connectivity index (χ4v) is 3.25. The molecule has 1 aliphatic heterocycles. The van der Waals surface area contributed by atoms with Crippen molar-refractivity contribution in [1.29, 1.82) is 0 Å². The summed E-state index contributed by atoms with van der Waals surface area (Å²) >= 11 is 3.31. The first-order valence-electron chi connectivity index (χ1n) is 6.84. The van der Waals surface area contributed by atoms with Gasteiger partial charge in [0.2, 0.25) is 11.5 Å². The van der Waals surface area contributed by atoms with Crippen molar-refractivity contribution in [3.63, 3.8) is 0 Å². The Morgan fingerprint density at radius 3 is 2.73 bits per heavy atom. The monoisotopic (exact) mass is 365 g/mol. The molecule has 2 aliphatic rings. The minimum atomic E-state index is -1.66. The highest BCUT2D eigenvalue weighted by Crippen LogP contribution is 2.46. The molecule has 1 atom stereocenters. The van der Waals surface area contributed by atoms with E-state index in [-0.39, 0.29) is 11.7 Å². The first-order chi connectivity index (χ1) is 10.3. The Morgan fingerprint density at radius 1 is 1.41 bits per heavy atom. The molecule has 3 rings (SSSR count). The van der Waals surface area contributed by atoms with Gasteiger partial charge in [0, 0.05) is 16.1 Å². The fraction of sp³-hybridized carbons (Fsp3) is 0.375. The third kappa shape index (κ3) is 2.09. The normalized spacial score (nSPS) is 26.0. The Hall–Kier alpha value is -1.66. The van der Waals surface area contributed by atoms with E-state index in [0.29, 0.717) is 28.0 Å². The average Bonchev–Trinajstić information content (AvgIpc) is 2.84. The molecule has 0 amide bonds. The first kappa shape index (κ1) is 15.2. The third-order valence-corrected chi connectivity index (χ3v) is 4.56. The summed E-state index contributed by atoms with van der Waals surface area (Å²) in [6, 6.07) is 5.06. The molecule has 1 aliphatic carbocycles. The van der Waals surface area contributed by atoms with E-state index in [0.717, 1.165) is 0 Å². The molecule has 0 spiro atoms. The molecule has 1 aromatic rings. The number of ether oxygens (including phenoxy) is 2. The molecule has 1 aromatic carbocycles. The number of halogens is 1. The lowest BCUT2D eigenvalue weighted by molar-refractivity contribution is 0.0972. The van der Waals surface area contributed by atoms with Crippen molar-refractivity contribution in [1.82, 2.24) is 0 Å². The highest BCUT2D eigenvalue weighted by molar-refractivity contribution is 9.11. The number of fused-ring (bicyclic) bond motifs is 1. The number of carbonyl (C=O) groups excluding carboxylic acids is 1. The molecule has 0 aromatic heterocycles. The van der Waals surface area contributed by atoms with Crippen LogP contribution in [0.5, 0.6) is 5.75 Å². The summed E-state index contributed by atoms with van der Waals surface area (Å²) in [6.07, 6.45) is 1.35. The summed E-state index contributed by atoms with van der Waals surface area (Å²) in [7, 11) is 1.49. The Kier molecular flexibility index (Phi) is 3.41. The Balaban J connectivity index is 2.29. The van der Waals surface area contributed by atoms with E-state index in [1.807, 2.05) is 13.8 Å². The van der Waals surface area contributed by atoms with Crippen molar-refractivity contribution in [2.75, 3.05) is 13.7 Å². The number of aliphatic hydroxyl groups is 1. The smallest absolute Gasteiger partial charge is 0.227 e. The van der Waals surface area contributed by atoms with Crippen LogP contribution in [0.4, 0.5) is 0 Å². The number of carbonyl (C=O) groups is 1. The Morgan fingerprint density at radius 2 is 2.14 bits per heavy atom. The number of aliphatic imine (C=N–C) groups is 1. The average molecular weight is 366 g/mol. The maximum absolute atomic E-state index is 12.2. The van der Waals surface area contributed by atoms with Crippen molar-refractivity contribution >= 4 is 27.6 Å². The summed E-state index contributed by atoms with van der Waals surface area (Å²) in [6.45, 7) is 4.19. The van der Waals surface area contributed by atoms with Crippen LogP contribution in [0.15, 0.2) is 33.7 Å². The van der Waals surface area contributed by atoms with Crippen LogP contribution in [0.3, 0.4) is 0 Å². The van der Waals surface area contributed by atoms with Crippen molar-refractivity contribution < 1.29 is 19.4 Å². The summed E-state index contributed by atoms with van der Waals surface area (Å²) in [5.74, 6) is 0.372. The van der Waals surface area contributed by atoms with E-state index < -0.39 is 11.1 Å². The lowest BCUT2D eigenvalue weighted by atomic mass is 9.82. The predicted molar refractivity (Wildman–Crippen MR) is 85.7 cm³/mol. The second kappa shape index (κ2) is 4.93. The number of benzene rings is 1. The van der Waals surface area contributed by atoms with E-state index in [1.165, 1.54) is 13.2 Å². The molecule has 0 fully saturated rings. The molecule has 1 N–H and O–H groups in total. The van der Waals surface area contributed by atoms with Gasteiger partial charge >= 0.3 is 0 Å². The Labute approximate surface area is 136 Å². The lowest BCUT2D eigenvalue weighted by Crippen LogP contribution is -2.40. The van der Waals surface area contributed by atoms with Gasteiger partial charge in [-0.1, -0.05) is 28.1 Å². The zero-order valence-electron chi connectivity index (χ0n) is 12.5. The van der Waals surface area contributed by atoms with Crippen LogP contribution in [0.1, 0.15) is 29.8 Å². The van der Waals surface area contributed by atoms with Gasteiger partial charge in [-0.25, -0.2) is 4.99 Å². The van der Waals surface area contributed by atoms with Gasteiger partial charge in [-0.3, -0.25) is 4.79 Å². The first-order valence-corrected chi connectivity index (χ1v) is 7.64. The number of nitrogens with zero attached hydrogens (tertiary/aromatic N) is 1. The summed E-state index contributed by atoms with van der Waals surface area (Å²) in [4.78, 5) is 16.7. The number of ketones is 1. The molecular formula is C16H16BrNO4. The van der Waals surface area contributed by atoms with E-state index in [1.54, 1.807) is 18.2 Å². The van der Waals surface area contributed by atoms with Crippen molar-refractivity contribution in [3.05, 3.63) is 39.9 Å². The third-order valence-electron chi connectivity index (χ3n) is 3.75. The molecule has 0 bridgehead atoms. The van der Waals surface area contributed by atoms with Crippen LogP contribution in [0, 0.1) is 0 Å². The van der Waals surface area contributed by atoms with Crippen LogP contribution < -0.4 is 4.74 Å². The number of hydrogen-bond donors (Lipinski definition) is 1. The molecule has 5 nitrogen and oxygen atoms in total. The van der Waals surface area contributed by atoms with Gasteiger partial charge in [-0.2, -0.15) is 0 Å². The summed E-state index contributed by atoms with van der Waals surface area (Å²) in [5.41, 5.74) is -1.36. The molecular weight excluding hydrogens is 350 g/mol. The van der Waals surface area contributed by atoms with Crippen molar-refractivity contribution in [2.45, 2.75) is 25.0 Å². The fourth-order valence-electron chi connectivity index (χ4n) is 2.68. The van der Waals surface area contributed by atoms with Gasteiger partial charge in [-0.05, 0) is 19.9 Å². The second-order valence-corrected chi connectivity index (χ2v) is 6.82. The van der Waals surface area contributed by atoms with Gasteiger partial charge < -0.3 is 14.6 Å². The molecule has 0 saturated carbocycles. The van der Waals surface area contributed by atoms with Gasteiger partial charge in [0.25, 0.3) is 0 Å². The van der Waals surface area contributed by atoms with Crippen molar-refractivity contribution in [3.8, 4) is 5.75 Å². The quantitative estimate of drug-likeness (QED) is 0.874. The number of allylic oxidation sites excluding steroid dienone is 1. The van der Waals surface area contributed by atoms with Crippen LogP contribution in [0.25, 0.3) is 0 Å². The highest BCUT2D eigenvalue weighted by atomic mass is 79.9. The van der Waals surface area contributed by atoms with Crippen LogP contribution >= 0.6 is 15.9 Å². The topological polar surface area (TPSA) is 68.1 Å². The predicted octanol–water partition coefficient (Wildman–Crippen LogP) is 2.57. The second-order valence-electron chi connectivity index (χ2n) is 5.97. The Bertz CT molecular complexity index is 723. The van der Waals surface area contributed by atoms with Crippen LogP contribution in [0.2, 0.25) is 0 Å². The SMILES string of the molecule is COc1cccc2c1[C@](O)(C1=NC(C)(C)CO1)C(Br)=CC2=O. The molecule has 0 radical (unpaired) electrons. The zero-order chi connectivity index (χ0) is 16.1.